The van der Waals surface area contributed by atoms with Crippen LogP contribution in [-0.4, -0.2) is 28.0 Å². The Balaban J connectivity index is 1.66. The Morgan fingerprint density at radius 1 is 1.05 bits per heavy atom. The Labute approximate surface area is 121 Å². The highest BCUT2D eigenvalue weighted by atomic mass is 16.4. The molecule has 1 aromatic carbocycles. The van der Waals surface area contributed by atoms with Crippen molar-refractivity contribution in [3.05, 3.63) is 65.5 Å². The lowest BCUT2D eigenvalue weighted by atomic mass is 10.1. The molecular weight excluding hydrogens is 268 g/mol. The van der Waals surface area contributed by atoms with E-state index >= 15 is 0 Å². The average molecular weight is 282 g/mol. The predicted molar refractivity (Wildman–Crippen MR) is 76.3 cm³/mol. The van der Waals surface area contributed by atoms with E-state index in [4.69, 9.17) is 5.11 Å². The molecule has 0 radical (unpaired) electrons. The Hall–Kier alpha value is -2.69. The molecule has 0 spiro atoms. The van der Waals surface area contributed by atoms with Gasteiger partial charge in [-0.1, -0.05) is 36.4 Å². The summed E-state index contributed by atoms with van der Waals surface area (Å²) in [6.07, 6.45) is 0.897. The number of benzene rings is 1. The van der Waals surface area contributed by atoms with Gasteiger partial charge >= 0.3 is 5.97 Å². The second-order valence-corrected chi connectivity index (χ2v) is 5.05. The quantitative estimate of drug-likeness (QED) is 0.899. The maximum absolute atomic E-state index is 12.1. The topological polar surface area (TPSA) is 79.3 Å². The van der Waals surface area contributed by atoms with E-state index in [1.54, 1.807) is 0 Å². The van der Waals surface area contributed by atoms with Crippen LogP contribution in [0.1, 0.15) is 38.9 Å². The van der Waals surface area contributed by atoms with Gasteiger partial charge in [0.2, 0.25) is 0 Å². The molecule has 1 amide bonds. The van der Waals surface area contributed by atoms with Gasteiger partial charge in [-0.05, 0) is 24.1 Å². The SMILES string of the molecule is O=C(O)c1cccc(C(=O)NC2CC2c2ccccc2)n1. The molecule has 2 aromatic rings. The zero-order valence-corrected chi connectivity index (χ0v) is 11.2. The highest BCUT2D eigenvalue weighted by Crippen LogP contribution is 2.40. The first kappa shape index (κ1) is 13.3. The number of carbonyl (C=O) groups is 2. The summed E-state index contributed by atoms with van der Waals surface area (Å²) in [7, 11) is 0. The summed E-state index contributed by atoms with van der Waals surface area (Å²) in [6.45, 7) is 0. The minimum atomic E-state index is -1.14. The van der Waals surface area contributed by atoms with E-state index in [1.165, 1.54) is 23.8 Å². The van der Waals surface area contributed by atoms with Crippen molar-refractivity contribution in [1.29, 1.82) is 0 Å². The van der Waals surface area contributed by atoms with Gasteiger partial charge < -0.3 is 10.4 Å². The molecule has 106 valence electrons. The lowest BCUT2D eigenvalue weighted by molar-refractivity contribution is 0.0690. The second-order valence-electron chi connectivity index (χ2n) is 5.05. The molecule has 5 heteroatoms. The van der Waals surface area contributed by atoms with Gasteiger partial charge in [0, 0.05) is 12.0 Å². The van der Waals surface area contributed by atoms with Crippen molar-refractivity contribution in [2.75, 3.05) is 0 Å². The molecule has 1 saturated carbocycles. The molecule has 1 aliphatic rings. The van der Waals surface area contributed by atoms with Crippen molar-refractivity contribution in [2.24, 2.45) is 0 Å². The van der Waals surface area contributed by atoms with Gasteiger partial charge in [-0.25, -0.2) is 9.78 Å². The van der Waals surface area contributed by atoms with Crippen molar-refractivity contribution < 1.29 is 14.7 Å². The van der Waals surface area contributed by atoms with Gasteiger partial charge in [0.05, 0.1) is 0 Å². The van der Waals surface area contributed by atoms with Gasteiger partial charge in [-0.3, -0.25) is 4.79 Å². The van der Waals surface area contributed by atoms with Crippen LogP contribution < -0.4 is 5.32 Å². The third-order valence-corrected chi connectivity index (χ3v) is 3.54. The number of rotatable bonds is 4. The van der Waals surface area contributed by atoms with Gasteiger partial charge in [0.15, 0.2) is 0 Å². The molecule has 0 saturated heterocycles. The number of amides is 1. The summed E-state index contributed by atoms with van der Waals surface area (Å²) in [5.74, 6) is -1.14. The van der Waals surface area contributed by atoms with E-state index in [9.17, 15) is 9.59 Å². The summed E-state index contributed by atoms with van der Waals surface area (Å²) in [5, 5.41) is 11.8. The van der Waals surface area contributed by atoms with Gasteiger partial charge in [0.25, 0.3) is 5.91 Å². The predicted octanol–water partition coefficient (Wildman–Crippen LogP) is 2.07. The van der Waals surface area contributed by atoms with Crippen molar-refractivity contribution >= 4 is 11.9 Å². The van der Waals surface area contributed by atoms with Gasteiger partial charge in [0.1, 0.15) is 11.4 Å². The molecule has 2 unspecified atom stereocenters. The summed E-state index contributed by atoms with van der Waals surface area (Å²) in [6, 6.07) is 14.5. The molecule has 0 bridgehead atoms. The van der Waals surface area contributed by atoms with Crippen molar-refractivity contribution in [2.45, 2.75) is 18.4 Å². The Kier molecular flexibility index (Phi) is 3.39. The first-order valence-electron chi connectivity index (χ1n) is 6.71. The van der Waals surface area contributed by atoms with Crippen molar-refractivity contribution in [3.63, 3.8) is 0 Å². The van der Waals surface area contributed by atoms with Crippen molar-refractivity contribution in [1.82, 2.24) is 10.3 Å². The highest BCUT2D eigenvalue weighted by molar-refractivity contribution is 5.94. The number of carbonyl (C=O) groups excluding carboxylic acids is 1. The summed E-state index contributed by atoms with van der Waals surface area (Å²) in [5.41, 5.74) is 1.21. The molecule has 1 aromatic heterocycles. The van der Waals surface area contributed by atoms with Gasteiger partial charge in [-0.2, -0.15) is 0 Å². The zero-order valence-electron chi connectivity index (χ0n) is 11.2. The lowest BCUT2D eigenvalue weighted by Crippen LogP contribution is -2.27. The Morgan fingerprint density at radius 3 is 2.48 bits per heavy atom. The van der Waals surface area contributed by atoms with E-state index in [2.05, 4.69) is 10.3 Å². The summed E-state index contributed by atoms with van der Waals surface area (Å²) >= 11 is 0. The molecule has 2 atom stereocenters. The first-order chi connectivity index (χ1) is 10.1. The normalized spacial score (nSPS) is 19.8. The van der Waals surface area contributed by atoms with Gasteiger partial charge in [-0.15, -0.1) is 0 Å². The fraction of sp³-hybridized carbons (Fsp3) is 0.188. The van der Waals surface area contributed by atoms with Crippen LogP contribution in [0.15, 0.2) is 48.5 Å². The minimum absolute atomic E-state index is 0.0928. The second kappa shape index (κ2) is 5.36. The molecule has 1 aliphatic carbocycles. The number of nitrogens with one attached hydrogen (secondary N) is 1. The van der Waals surface area contributed by atoms with E-state index in [-0.39, 0.29) is 23.3 Å². The number of hydrogen-bond donors (Lipinski definition) is 2. The fourth-order valence-electron chi connectivity index (χ4n) is 2.35. The number of hydrogen-bond acceptors (Lipinski definition) is 3. The molecule has 5 nitrogen and oxygen atoms in total. The molecule has 1 fully saturated rings. The largest absolute Gasteiger partial charge is 0.477 e. The van der Waals surface area contributed by atoms with Crippen molar-refractivity contribution in [3.8, 4) is 0 Å². The third-order valence-electron chi connectivity index (χ3n) is 3.54. The lowest BCUT2D eigenvalue weighted by Gasteiger charge is -2.05. The molecule has 1 heterocycles. The maximum atomic E-state index is 12.1. The number of aromatic carboxylic acids is 1. The van der Waals surface area contributed by atoms with Crippen LogP contribution in [0.4, 0.5) is 0 Å². The molecular formula is C16H14N2O3. The molecule has 3 rings (SSSR count). The van der Waals surface area contributed by atoms with Crippen LogP contribution in [0.25, 0.3) is 0 Å². The minimum Gasteiger partial charge on any atom is -0.477 e. The monoisotopic (exact) mass is 282 g/mol. The first-order valence-corrected chi connectivity index (χ1v) is 6.71. The Bertz CT molecular complexity index is 685. The van der Waals surface area contributed by atoms with E-state index in [0.29, 0.717) is 5.92 Å². The van der Waals surface area contributed by atoms with E-state index in [1.807, 2.05) is 30.3 Å². The number of carboxylic acids is 1. The van der Waals surface area contributed by atoms with Crippen LogP contribution in [0.2, 0.25) is 0 Å². The van der Waals surface area contributed by atoms with Crippen LogP contribution in [0.3, 0.4) is 0 Å². The molecule has 21 heavy (non-hydrogen) atoms. The fourth-order valence-corrected chi connectivity index (χ4v) is 2.35. The standard InChI is InChI=1S/C16H14N2O3/c19-15(12-7-4-8-13(17-12)16(20)21)18-14-9-11(14)10-5-2-1-3-6-10/h1-8,11,14H,9H2,(H,18,19)(H,20,21). The third kappa shape index (κ3) is 2.91. The van der Waals surface area contributed by atoms with Crippen LogP contribution in [0, 0.1) is 0 Å². The average Bonchev–Trinajstić information content (AvgIpc) is 3.27. The Morgan fingerprint density at radius 2 is 1.76 bits per heavy atom. The summed E-state index contributed by atoms with van der Waals surface area (Å²) < 4.78 is 0. The maximum Gasteiger partial charge on any atom is 0.354 e. The summed E-state index contributed by atoms with van der Waals surface area (Å²) in [4.78, 5) is 26.8. The smallest absolute Gasteiger partial charge is 0.354 e. The number of nitrogens with zero attached hydrogens (tertiary/aromatic N) is 1. The number of aromatic nitrogens is 1. The number of pyridine rings is 1. The molecule has 2 N–H and O–H groups in total. The van der Waals surface area contributed by atoms with E-state index in [0.717, 1.165) is 6.42 Å². The zero-order chi connectivity index (χ0) is 14.8. The van der Waals surface area contributed by atoms with Crippen LogP contribution in [-0.2, 0) is 0 Å². The van der Waals surface area contributed by atoms with Crippen LogP contribution in [0.5, 0.6) is 0 Å². The number of carboxylic acid groups (broad SMARTS) is 1. The molecule has 0 aliphatic heterocycles. The highest BCUT2D eigenvalue weighted by Gasteiger charge is 2.39. The van der Waals surface area contributed by atoms with E-state index < -0.39 is 5.97 Å². The van der Waals surface area contributed by atoms with Crippen LogP contribution >= 0.6 is 0 Å².